The number of hydrogen-bond acceptors (Lipinski definition) is 4. The van der Waals surface area contributed by atoms with Crippen LogP contribution in [-0.2, 0) is 19.1 Å². The summed E-state index contributed by atoms with van der Waals surface area (Å²) in [6.07, 6.45) is 3.23. The molecule has 4 nitrogen and oxygen atoms in total. The van der Waals surface area contributed by atoms with Gasteiger partial charge in [0.25, 0.3) is 0 Å². The number of rotatable bonds is 6. The molecule has 0 saturated heterocycles. The standard InChI is InChI=1S/C14H16O4/c1-2-17-13(15)11-14(16)18-10-6-9-12-7-4-3-5-8-12/h3-9H,2,10-11H2,1H3/b9-6+. The predicted molar refractivity (Wildman–Crippen MR) is 67.7 cm³/mol. The lowest BCUT2D eigenvalue weighted by Crippen LogP contribution is -2.13. The van der Waals surface area contributed by atoms with Crippen molar-refractivity contribution >= 4 is 18.0 Å². The molecule has 0 heterocycles. The van der Waals surface area contributed by atoms with Gasteiger partial charge in [0, 0.05) is 0 Å². The summed E-state index contributed by atoms with van der Waals surface area (Å²) < 4.78 is 9.48. The fraction of sp³-hybridized carbons (Fsp3) is 0.286. The monoisotopic (exact) mass is 248 g/mol. The minimum Gasteiger partial charge on any atom is -0.466 e. The van der Waals surface area contributed by atoms with Gasteiger partial charge in [-0.15, -0.1) is 0 Å². The summed E-state index contributed by atoms with van der Waals surface area (Å²) in [7, 11) is 0. The molecule has 1 rings (SSSR count). The van der Waals surface area contributed by atoms with Gasteiger partial charge >= 0.3 is 11.9 Å². The molecule has 0 aliphatic rings. The highest BCUT2D eigenvalue weighted by molar-refractivity contribution is 5.91. The van der Waals surface area contributed by atoms with Crippen molar-refractivity contribution in [3.05, 3.63) is 42.0 Å². The molecule has 4 heteroatoms. The molecule has 18 heavy (non-hydrogen) atoms. The normalized spacial score (nSPS) is 10.3. The SMILES string of the molecule is CCOC(=O)CC(=O)OC/C=C/c1ccccc1. The molecule has 0 N–H and O–H groups in total. The molecule has 0 aliphatic heterocycles. The zero-order chi connectivity index (χ0) is 13.2. The van der Waals surface area contributed by atoms with E-state index in [1.807, 2.05) is 36.4 Å². The molecule has 0 atom stereocenters. The molecule has 0 aliphatic carbocycles. The van der Waals surface area contributed by atoms with Crippen LogP contribution in [0.2, 0.25) is 0 Å². The van der Waals surface area contributed by atoms with Crippen molar-refractivity contribution in [2.75, 3.05) is 13.2 Å². The van der Waals surface area contributed by atoms with E-state index in [4.69, 9.17) is 4.74 Å². The Kier molecular flexibility index (Phi) is 6.25. The third-order valence-electron chi connectivity index (χ3n) is 2.04. The van der Waals surface area contributed by atoms with Crippen LogP contribution in [0.15, 0.2) is 36.4 Å². The van der Waals surface area contributed by atoms with Crippen molar-refractivity contribution < 1.29 is 19.1 Å². The molecule has 96 valence electrons. The van der Waals surface area contributed by atoms with Crippen molar-refractivity contribution in [2.24, 2.45) is 0 Å². The van der Waals surface area contributed by atoms with E-state index in [0.717, 1.165) is 5.56 Å². The summed E-state index contributed by atoms with van der Waals surface area (Å²) in [6, 6.07) is 9.66. The smallest absolute Gasteiger partial charge is 0.317 e. The Balaban J connectivity index is 2.23. The molecule has 0 amide bonds. The summed E-state index contributed by atoms with van der Waals surface area (Å²) in [5.41, 5.74) is 1.03. The molecule has 0 aromatic heterocycles. The van der Waals surface area contributed by atoms with E-state index in [1.165, 1.54) is 0 Å². The molecule has 0 unspecified atom stereocenters. The molecule has 0 saturated carbocycles. The second-order valence-corrected chi connectivity index (χ2v) is 3.48. The van der Waals surface area contributed by atoms with Gasteiger partial charge in [0.2, 0.25) is 0 Å². The largest absolute Gasteiger partial charge is 0.466 e. The summed E-state index contributed by atoms with van der Waals surface area (Å²) in [5, 5.41) is 0. The molecular weight excluding hydrogens is 232 g/mol. The number of hydrogen-bond donors (Lipinski definition) is 0. The van der Waals surface area contributed by atoms with Crippen molar-refractivity contribution in [2.45, 2.75) is 13.3 Å². The van der Waals surface area contributed by atoms with Gasteiger partial charge < -0.3 is 9.47 Å². The van der Waals surface area contributed by atoms with E-state index >= 15 is 0 Å². The summed E-state index contributed by atoms with van der Waals surface area (Å²) in [6.45, 7) is 2.10. The van der Waals surface area contributed by atoms with Crippen LogP contribution in [0.25, 0.3) is 6.08 Å². The van der Waals surface area contributed by atoms with E-state index in [9.17, 15) is 9.59 Å². The van der Waals surface area contributed by atoms with E-state index in [-0.39, 0.29) is 19.6 Å². The van der Waals surface area contributed by atoms with Crippen LogP contribution in [0.4, 0.5) is 0 Å². The predicted octanol–water partition coefficient (Wildman–Crippen LogP) is 2.20. The Bertz CT molecular complexity index is 409. The quantitative estimate of drug-likeness (QED) is 0.572. The zero-order valence-electron chi connectivity index (χ0n) is 10.3. The number of ether oxygens (including phenoxy) is 2. The fourth-order valence-corrected chi connectivity index (χ4v) is 1.27. The first-order valence-corrected chi connectivity index (χ1v) is 5.75. The Morgan fingerprint density at radius 3 is 2.44 bits per heavy atom. The Labute approximate surface area is 106 Å². The maximum atomic E-state index is 11.2. The van der Waals surface area contributed by atoms with Gasteiger partial charge in [0.15, 0.2) is 0 Å². The van der Waals surface area contributed by atoms with Crippen molar-refractivity contribution in [1.29, 1.82) is 0 Å². The third-order valence-corrected chi connectivity index (χ3v) is 2.04. The highest BCUT2D eigenvalue weighted by Crippen LogP contribution is 2.00. The van der Waals surface area contributed by atoms with E-state index in [1.54, 1.807) is 13.0 Å². The van der Waals surface area contributed by atoms with Crippen molar-refractivity contribution in [3.63, 3.8) is 0 Å². The third kappa shape index (κ3) is 5.84. The first kappa shape index (κ1) is 14.0. The van der Waals surface area contributed by atoms with Crippen LogP contribution in [0.3, 0.4) is 0 Å². The average Bonchev–Trinajstić information content (AvgIpc) is 2.36. The summed E-state index contributed by atoms with van der Waals surface area (Å²) in [5.74, 6) is -1.14. The molecule has 0 bridgehead atoms. The van der Waals surface area contributed by atoms with Gasteiger partial charge in [0.1, 0.15) is 13.0 Å². The lowest BCUT2D eigenvalue weighted by molar-refractivity contribution is -0.153. The van der Waals surface area contributed by atoms with Crippen LogP contribution in [0, 0.1) is 0 Å². The molecule has 0 spiro atoms. The minimum absolute atomic E-state index is 0.146. The van der Waals surface area contributed by atoms with Gasteiger partial charge in [-0.3, -0.25) is 9.59 Å². The highest BCUT2D eigenvalue weighted by Gasteiger charge is 2.10. The van der Waals surface area contributed by atoms with Gasteiger partial charge in [-0.2, -0.15) is 0 Å². The highest BCUT2D eigenvalue weighted by atomic mass is 16.5. The van der Waals surface area contributed by atoms with Crippen LogP contribution in [0.1, 0.15) is 18.9 Å². The van der Waals surface area contributed by atoms with Crippen molar-refractivity contribution in [3.8, 4) is 0 Å². The maximum absolute atomic E-state index is 11.2. The average molecular weight is 248 g/mol. The lowest BCUT2D eigenvalue weighted by Gasteiger charge is -2.01. The van der Waals surface area contributed by atoms with E-state index in [2.05, 4.69) is 4.74 Å². The lowest BCUT2D eigenvalue weighted by atomic mass is 10.2. The van der Waals surface area contributed by atoms with Gasteiger partial charge in [-0.25, -0.2) is 0 Å². The number of carbonyl (C=O) groups is 2. The zero-order valence-corrected chi connectivity index (χ0v) is 10.3. The molecule has 0 radical (unpaired) electrons. The Morgan fingerprint density at radius 1 is 1.11 bits per heavy atom. The second-order valence-electron chi connectivity index (χ2n) is 3.48. The van der Waals surface area contributed by atoms with E-state index < -0.39 is 11.9 Å². The summed E-state index contributed by atoms with van der Waals surface area (Å²) >= 11 is 0. The van der Waals surface area contributed by atoms with E-state index in [0.29, 0.717) is 0 Å². The van der Waals surface area contributed by atoms with Crippen molar-refractivity contribution in [1.82, 2.24) is 0 Å². The van der Waals surface area contributed by atoms with Crippen LogP contribution in [-0.4, -0.2) is 25.2 Å². The topological polar surface area (TPSA) is 52.6 Å². The Hall–Kier alpha value is -2.10. The molecular formula is C14H16O4. The maximum Gasteiger partial charge on any atom is 0.317 e. The number of esters is 2. The number of benzene rings is 1. The minimum atomic E-state index is -0.578. The van der Waals surface area contributed by atoms with Gasteiger partial charge in [0.05, 0.1) is 6.61 Å². The first-order valence-electron chi connectivity index (χ1n) is 5.75. The van der Waals surface area contributed by atoms with Gasteiger partial charge in [-0.05, 0) is 18.6 Å². The summed E-state index contributed by atoms with van der Waals surface area (Å²) in [4.78, 5) is 22.1. The molecule has 1 aromatic carbocycles. The van der Waals surface area contributed by atoms with Crippen LogP contribution >= 0.6 is 0 Å². The van der Waals surface area contributed by atoms with Crippen LogP contribution in [0.5, 0.6) is 0 Å². The Morgan fingerprint density at radius 2 is 1.78 bits per heavy atom. The fourth-order valence-electron chi connectivity index (χ4n) is 1.27. The van der Waals surface area contributed by atoms with Crippen LogP contribution < -0.4 is 0 Å². The molecule has 0 fully saturated rings. The van der Waals surface area contributed by atoms with Gasteiger partial charge in [-0.1, -0.05) is 36.4 Å². The number of carbonyl (C=O) groups excluding carboxylic acids is 2. The second kappa shape index (κ2) is 8.06. The molecule has 1 aromatic rings. The first-order chi connectivity index (χ1) is 8.72.